The zero-order chi connectivity index (χ0) is 24.0. The number of nitrogens with zero attached hydrogens (tertiary/aromatic N) is 3. The fourth-order valence-corrected chi connectivity index (χ4v) is 4.79. The van der Waals surface area contributed by atoms with E-state index in [1.165, 1.54) is 0 Å². The fourth-order valence-electron chi connectivity index (χ4n) is 4.79. The molecule has 0 saturated carbocycles. The zero-order valence-corrected chi connectivity index (χ0v) is 20.1. The van der Waals surface area contributed by atoms with E-state index in [0.29, 0.717) is 26.2 Å². The lowest BCUT2D eigenvalue weighted by atomic mass is 10.1. The van der Waals surface area contributed by atoms with Gasteiger partial charge in [0.25, 0.3) is 0 Å². The molecule has 0 bridgehead atoms. The Bertz CT molecular complexity index is 1280. The molecule has 0 N–H and O–H groups in total. The van der Waals surface area contributed by atoms with Crippen molar-refractivity contribution in [2.24, 2.45) is 0 Å². The third kappa shape index (κ3) is 5.02. The van der Waals surface area contributed by atoms with Gasteiger partial charge in [0.2, 0.25) is 5.91 Å². The first-order valence-electron chi connectivity index (χ1n) is 12.4. The molecule has 0 radical (unpaired) electrons. The molecule has 6 heteroatoms. The third-order valence-electron chi connectivity index (χ3n) is 6.42. The second-order valence-electron chi connectivity index (χ2n) is 8.79. The first kappa shape index (κ1) is 23.0. The molecular formula is C29H31N3O3. The Labute approximate surface area is 206 Å². The van der Waals surface area contributed by atoms with E-state index in [-0.39, 0.29) is 11.8 Å². The number of imidazole rings is 1. The Morgan fingerprint density at radius 2 is 1.69 bits per heavy atom. The molecule has 1 aliphatic rings. The molecule has 0 spiro atoms. The molecule has 2 heterocycles. The van der Waals surface area contributed by atoms with E-state index >= 15 is 0 Å². The summed E-state index contributed by atoms with van der Waals surface area (Å²) in [5, 5.41) is 0. The van der Waals surface area contributed by atoms with Crippen LogP contribution in [-0.4, -0.2) is 35.2 Å². The summed E-state index contributed by atoms with van der Waals surface area (Å²) >= 11 is 0. The molecule has 0 aliphatic carbocycles. The molecule has 6 nitrogen and oxygen atoms in total. The first-order chi connectivity index (χ1) is 17.2. The third-order valence-corrected chi connectivity index (χ3v) is 6.42. The summed E-state index contributed by atoms with van der Waals surface area (Å²) in [4.78, 5) is 19.9. The van der Waals surface area contributed by atoms with E-state index in [1.54, 1.807) is 0 Å². The topological polar surface area (TPSA) is 56.6 Å². The SMILES string of the molecule is CCOc1ccccc1N1C[C@H](c2nc3ccccc3n2CCCCOc2ccccc2)CC1=O. The summed E-state index contributed by atoms with van der Waals surface area (Å²) in [7, 11) is 0. The van der Waals surface area contributed by atoms with Crippen LogP contribution in [-0.2, 0) is 11.3 Å². The zero-order valence-electron chi connectivity index (χ0n) is 20.1. The number of carbonyl (C=O) groups is 1. The number of hydrogen-bond donors (Lipinski definition) is 0. The van der Waals surface area contributed by atoms with Crippen LogP contribution in [0.5, 0.6) is 11.5 Å². The van der Waals surface area contributed by atoms with Crippen molar-refractivity contribution in [2.75, 3.05) is 24.7 Å². The predicted octanol–water partition coefficient (Wildman–Crippen LogP) is 5.81. The summed E-state index contributed by atoms with van der Waals surface area (Å²) in [6.07, 6.45) is 2.36. The lowest BCUT2D eigenvalue weighted by Crippen LogP contribution is -2.25. The number of ether oxygens (including phenoxy) is 2. The number of aryl methyl sites for hydroxylation is 1. The van der Waals surface area contributed by atoms with Gasteiger partial charge in [0.1, 0.15) is 17.3 Å². The molecule has 1 fully saturated rings. The average molecular weight is 470 g/mol. The van der Waals surface area contributed by atoms with Crippen LogP contribution in [0.15, 0.2) is 78.9 Å². The van der Waals surface area contributed by atoms with Crippen molar-refractivity contribution in [3.8, 4) is 11.5 Å². The summed E-state index contributed by atoms with van der Waals surface area (Å²) in [5.41, 5.74) is 2.93. The number of unbranched alkanes of at least 4 members (excludes halogenated alkanes) is 1. The summed E-state index contributed by atoms with van der Waals surface area (Å²) in [6, 6.07) is 25.9. The number of anilines is 1. The van der Waals surface area contributed by atoms with Crippen molar-refractivity contribution >= 4 is 22.6 Å². The fraction of sp³-hybridized carbons (Fsp3) is 0.310. The monoisotopic (exact) mass is 469 g/mol. The minimum absolute atomic E-state index is 0.0325. The normalized spacial score (nSPS) is 15.6. The number of benzene rings is 3. The standard InChI is InChI=1S/C29H31N3O3/c1-2-34-27-17-9-8-16-26(27)32-21-22(20-28(32)33)29-30-24-14-6-7-15-25(24)31(29)18-10-11-19-35-23-12-4-3-5-13-23/h3-9,12-17,22H,2,10-11,18-21H2,1H3/t22-/m1/s1. The Hall–Kier alpha value is -3.80. The number of fused-ring (bicyclic) bond motifs is 1. The second kappa shape index (κ2) is 10.6. The maximum absolute atomic E-state index is 13.1. The molecule has 0 unspecified atom stereocenters. The van der Waals surface area contributed by atoms with Crippen LogP contribution in [0.4, 0.5) is 5.69 Å². The largest absolute Gasteiger partial charge is 0.494 e. The maximum atomic E-state index is 13.1. The molecule has 5 rings (SSSR count). The van der Waals surface area contributed by atoms with E-state index in [4.69, 9.17) is 14.5 Å². The molecule has 180 valence electrons. The van der Waals surface area contributed by atoms with Gasteiger partial charge in [-0.15, -0.1) is 0 Å². The van der Waals surface area contributed by atoms with Gasteiger partial charge < -0.3 is 18.9 Å². The molecule has 35 heavy (non-hydrogen) atoms. The van der Waals surface area contributed by atoms with Crippen LogP contribution in [0.2, 0.25) is 0 Å². The van der Waals surface area contributed by atoms with E-state index in [0.717, 1.165) is 53.4 Å². The highest BCUT2D eigenvalue weighted by Gasteiger charge is 2.35. The smallest absolute Gasteiger partial charge is 0.227 e. The molecule has 4 aromatic rings. The number of hydrogen-bond acceptors (Lipinski definition) is 4. The lowest BCUT2D eigenvalue weighted by molar-refractivity contribution is -0.117. The molecular weight excluding hydrogens is 438 g/mol. The van der Waals surface area contributed by atoms with Crippen LogP contribution in [0.1, 0.15) is 37.9 Å². The molecule has 1 aliphatic heterocycles. The van der Waals surface area contributed by atoms with Gasteiger partial charge in [-0.25, -0.2) is 4.98 Å². The Kier molecular flexibility index (Phi) is 6.98. The number of carbonyl (C=O) groups excluding carboxylic acids is 1. The van der Waals surface area contributed by atoms with E-state index in [1.807, 2.05) is 84.6 Å². The molecule has 1 aromatic heterocycles. The highest BCUT2D eigenvalue weighted by atomic mass is 16.5. The van der Waals surface area contributed by atoms with E-state index < -0.39 is 0 Å². The quantitative estimate of drug-likeness (QED) is 0.275. The van der Waals surface area contributed by atoms with Gasteiger partial charge in [-0.05, 0) is 56.2 Å². The number of amides is 1. The van der Waals surface area contributed by atoms with Gasteiger partial charge in [-0.2, -0.15) is 0 Å². The van der Waals surface area contributed by atoms with Gasteiger partial charge in [-0.3, -0.25) is 4.79 Å². The number of para-hydroxylation sites is 5. The average Bonchev–Trinajstić information content (AvgIpc) is 3.45. The highest BCUT2D eigenvalue weighted by molar-refractivity contribution is 5.97. The van der Waals surface area contributed by atoms with Gasteiger partial charge in [-0.1, -0.05) is 42.5 Å². The summed E-state index contributed by atoms with van der Waals surface area (Å²) in [5.74, 6) is 2.77. The number of rotatable bonds is 10. The van der Waals surface area contributed by atoms with Crippen molar-refractivity contribution in [2.45, 2.75) is 38.6 Å². The Morgan fingerprint density at radius 1 is 0.914 bits per heavy atom. The minimum atomic E-state index is 0.0325. The molecule has 1 saturated heterocycles. The molecule has 1 atom stereocenters. The van der Waals surface area contributed by atoms with Gasteiger partial charge in [0.05, 0.1) is 29.9 Å². The van der Waals surface area contributed by atoms with Crippen molar-refractivity contribution in [3.63, 3.8) is 0 Å². The molecule has 3 aromatic carbocycles. The van der Waals surface area contributed by atoms with Crippen LogP contribution in [0.25, 0.3) is 11.0 Å². The van der Waals surface area contributed by atoms with Gasteiger partial charge in [0.15, 0.2) is 0 Å². The first-order valence-corrected chi connectivity index (χ1v) is 12.4. The Balaban J connectivity index is 1.32. The second-order valence-corrected chi connectivity index (χ2v) is 8.79. The van der Waals surface area contributed by atoms with E-state index in [2.05, 4.69) is 10.6 Å². The van der Waals surface area contributed by atoms with Crippen molar-refractivity contribution in [1.82, 2.24) is 9.55 Å². The summed E-state index contributed by atoms with van der Waals surface area (Å²) in [6.45, 7) is 4.64. The Morgan fingerprint density at radius 3 is 2.54 bits per heavy atom. The highest BCUT2D eigenvalue weighted by Crippen LogP contribution is 2.37. The molecule has 1 amide bonds. The van der Waals surface area contributed by atoms with Crippen molar-refractivity contribution in [3.05, 3.63) is 84.7 Å². The van der Waals surface area contributed by atoms with Crippen LogP contribution < -0.4 is 14.4 Å². The van der Waals surface area contributed by atoms with Crippen molar-refractivity contribution < 1.29 is 14.3 Å². The van der Waals surface area contributed by atoms with Gasteiger partial charge in [0, 0.05) is 25.4 Å². The number of aromatic nitrogens is 2. The lowest BCUT2D eigenvalue weighted by Gasteiger charge is -2.20. The summed E-state index contributed by atoms with van der Waals surface area (Å²) < 4.78 is 14.0. The van der Waals surface area contributed by atoms with Crippen LogP contribution in [0.3, 0.4) is 0 Å². The van der Waals surface area contributed by atoms with Crippen LogP contribution in [0, 0.1) is 0 Å². The van der Waals surface area contributed by atoms with Gasteiger partial charge >= 0.3 is 0 Å². The minimum Gasteiger partial charge on any atom is -0.494 e. The predicted molar refractivity (Wildman–Crippen MR) is 138 cm³/mol. The van der Waals surface area contributed by atoms with E-state index in [9.17, 15) is 4.79 Å². The van der Waals surface area contributed by atoms with Crippen molar-refractivity contribution in [1.29, 1.82) is 0 Å². The maximum Gasteiger partial charge on any atom is 0.227 e. The van der Waals surface area contributed by atoms with Crippen LogP contribution >= 0.6 is 0 Å².